The molecule has 0 unspecified atom stereocenters. The smallest absolute Gasteiger partial charge is 0.191 e. The van der Waals surface area contributed by atoms with E-state index in [1.807, 2.05) is 0 Å². The van der Waals surface area contributed by atoms with Gasteiger partial charge in [-0.3, -0.25) is 4.99 Å². The van der Waals surface area contributed by atoms with Crippen molar-refractivity contribution in [1.82, 2.24) is 10.6 Å². The normalized spacial score (nSPS) is 25.4. The zero-order valence-electron chi connectivity index (χ0n) is 8.25. The first-order valence-electron chi connectivity index (χ1n) is 5.10. The van der Waals surface area contributed by atoms with Crippen molar-refractivity contribution in [2.75, 3.05) is 32.9 Å². The molecule has 2 heterocycles. The molecule has 0 aromatic rings. The van der Waals surface area contributed by atoms with Gasteiger partial charge in [-0.2, -0.15) is 0 Å². The molecular weight excluding hydrogens is 182 g/mol. The molecule has 2 rings (SSSR count). The monoisotopic (exact) mass is 199 g/mol. The molecule has 0 radical (unpaired) electrons. The maximum atomic E-state index is 9.40. The van der Waals surface area contributed by atoms with Crippen molar-refractivity contribution in [1.29, 1.82) is 0 Å². The number of nitrogens with zero attached hydrogens (tertiary/aromatic N) is 1. The first-order chi connectivity index (χ1) is 6.85. The van der Waals surface area contributed by atoms with Crippen LogP contribution in [0.5, 0.6) is 0 Å². The molecule has 0 amide bonds. The van der Waals surface area contributed by atoms with E-state index in [-0.39, 0.29) is 12.1 Å². The lowest BCUT2D eigenvalue weighted by Crippen LogP contribution is -2.56. The summed E-state index contributed by atoms with van der Waals surface area (Å²) in [6.45, 7) is 3.26. The van der Waals surface area contributed by atoms with Crippen molar-refractivity contribution < 1.29 is 9.84 Å². The van der Waals surface area contributed by atoms with Crippen LogP contribution in [0.25, 0.3) is 0 Å². The molecule has 0 aliphatic carbocycles. The molecule has 80 valence electrons. The van der Waals surface area contributed by atoms with Gasteiger partial charge in [0, 0.05) is 19.8 Å². The van der Waals surface area contributed by atoms with Crippen LogP contribution >= 0.6 is 0 Å². The first-order valence-corrected chi connectivity index (χ1v) is 5.10. The van der Waals surface area contributed by atoms with Crippen molar-refractivity contribution in [3.63, 3.8) is 0 Å². The SMILES string of the molecule is OCC1(NC2=NCCN2)CCOCC1. The number of hydrogen-bond donors (Lipinski definition) is 3. The molecule has 3 N–H and O–H groups in total. The van der Waals surface area contributed by atoms with Gasteiger partial charge in [0.15, 0.2) is 5.96 Å². The fourth-order valence-electron chi connectivity index (χ4n) is 1.82. The van der Waals surface area contributed by atoms with Gasteiger partial charge in [0.05, 0.1) is 18.7 Å². The number of aliphatic hydroxyl groups excluding tert-OH is 1. The third-order valence-electron chi connectivity index (χ3n) is 2.81. The summed E-state index contributed by atoms with van der Waals surface area (Å²) >= 11 is 0. The molecule has 0 bridgehead atoms. The third-order valence-corrected chi connectivity index (χ3v) is 2.81. The van der Waals surface area contributed by atoms with Crippen LogP contribution in [-0.4, -0.2) is 49.5 Å². The zero-order chi connectivity index (χ0) is 9.86. The molecule has 1 saturated heterocycles. The average Bonchev–Trinajstić information content (AvgIpc) is 2.72. The minimum absolute atomic E-state index is 0.136. The second-order valence-electron chi connectivity index (χ2n) is 3.83. The minimum atomic E-state index is -0.228. The lowest BCUT2D eigenvalue weighted by molar-refractivity contribution is 0.0203. The Morgan fingerprint density at radius 2 is 2.29 bits per heavy atom. The van der Waals surface area contributed by atoms with E-state index in [4.69, 9.17) is 4.74 Å². The van der Waals surface area contributed by atoms with Crippen LogP contribution < -0.4 is 10.6 Å². The van der Waals surface area contributed by atoms with Gasteiger partial charge in [-0.05, 0) is 12.8 Å². The Balaban J connectivity index is 1.96. The molecular formula is C9H17N3O2. The second kappa shape index (κ2) is 4.14. The Bertz CT molecular complexity index is 224. The Kier molecular flexibility index (Phi) is 2.88. The number of aliphatic imine (C=N–C) groups is 1. The van der Waals surface area contributed by atoms with Crippen LogP contribution in [0.4, 0.5) is 0 Å². The van der Waals surface area contributed by atoms with Crippen LogP contribution in [-0.2, 0) is 4.74 Å². The Morgan fingerprint density at radius 3 is 2.86 bits per heavy atom. The van der Waals surface area contributed by atoms with Crippen LogP contribution in [0.2, 0.25) is 0 Å². The van der Waals surface area contributed by atoms with Crippen LogP contribution in [0.15, 0.2) is 4.99 Å². The number of ether oxygens (including phenoxy) is 1. The molecule has 14 heavy (non-hydrogen) atoms. The fourth-order valence-corrected chi connectivity index (χ4v) is 1.82. The minimum Gasteiger partial charge on any atom is -0.394 e. The quantitative estimate of drug-likeness (QED) is 0.538. The van der Waals surface area contributed by atoms with Gasteiger partial charge in [-0.25, -0.2) is 0 Å². The van der Waals surface area contributed by atoms with E-state index in [0.29, 0.717) is 13.2 Å². The number of guanidine groups is 1. The van der Waals surface area contributed by atoms with Gasteiger partial charge < -0.3 is 20.5 Å². The molecule has 0 atom stereocenters. The molecule has 0 aromatic heterocycles. The summed E-state index contributed by atoms with van der Waals surface area (Å²) in [4.78, 5) is 4.27. The lowest BCUT2D eigenvalue weighted by atomic mass is 9.91. The van der Waals surface area contributed by atoms with E-state index in [1.54, 1.807) is 0 Å². The Hall–Kier alpha value is -0.810. The average molecular weight is 199 g/mol. The summed E-state index contributed by atoms with van der Waals surface area (Å²) in [6, 6.07) is 0. The van der Waals surface area contributed by atoms with Gasteiger partial charge >= 0.3 is 0 Å². The predicted octanol–water partition coefficient (Wildman–Crippen LogP) is -0.923. The summed E-state index contributed by atoms with van der Waals surface area (Å²) in [5.41, 5.74) is -0.228. The largest absolute Gasteiger partial charge is 0.394 e. The maximum absolute atomic E-state index is 9.40. The van der Waals surface area contributed by atoms with Crippen LogP contribution in [0.3, 0.4) is 0 Å². The van der Waals surface area contributed by atoms with E-state index in [0.717, 1.165) is 31.9 Å². The molecule has 0 spiro atoms. The molecule has 2 aliphatic rings. The standard InChI is InChI=1S/C9H17N3O2/c13-7-9(1-5-14-6-2-9)12-8-10-3-4-11-8/h13H,1-7H2,(H2,10,11,12). The summed E-state index contributed by atoms with van der Waals surface area (Å²) in [7, 11) is 0. The van der Waals surface area contributed by atoms with Crippen molar-refractivity contribution in [3.05, 3.63) is 0 Å². The summed E-state index contributed by atoms with van der Waals surface area (Å²) < 4.78 is 5.28. The first kappa shape index (κ1) is 9.73. The topological polar surface area (TPSA) is 65.9 Å². The Labute approximate surface area is 83.5 Å². The van der Waals surface area contributed by atoms with Crippen molar-refractivity contribution in [2.24, 2.45) is 4.99 Å². The highest BCUT2D eigenvalue weighted by Gasteiger charge is 2.33. The number of nitrogens with one attached hydrogen (secondary N) is 2. The van der Waals surface area contributed by atoms with Crippen LogP contribution in [0.1, 0.15) is 12.8 Å². The Morgan fingerprint density at radius 1 is 1.50 bits per heavy atom. The van der Waals surface area contributed by atoms with E-state index in [1.165, 1.54) is 0 Å². The summed E-state index contributed by atoms with van der Waals surface area (Å²) in [5, 5.41) is 15.8. The lowest BCUT2D eigenvalue weighted by Gasteiger charge is -2.36. The van der Waals surface area contributed by atoms with E-state index in [2.05, 4.69) is 15.6 Å². The molecule has 5 heteroatoms. The van der Waals surface area contributed by atoms with E-state index >= 15 is 0 Å². The number of rotatable bonds is 2. The molecule has 5 nitrogen and oxygen atoms in total. The highest BCUT2D eigenvalue weighted by molar-refractivity contribution is 5.82. The van der Waals surface area contributed by atoms with Gasteiger partial charge in [-0.1, -0.05) is 0 Å². The van der Waals surface area contributed by atoms with Crippen molar-refractivity contribution in [3.8, 4) is 0 Å². The predicted molar refractivity (Wildman–Crippen MR) is 53.3 cm³/mol. The summed E-state index contributed by atoms with van der Waals surface area (Å²) in [6.07, 6.45) is 1.68. The van der Waals surface area contributed by atoms with E-state index in [9.17, 15) is 5.11 Å². The zero-order valence-corrected chi connectivity index (χ0v) is 8.25. The van der Waals surface area contributed by atoms with Gasteiger partial charge in [0.1, 0.15) is 0 Å². The maximum Gasteiger partial charge on any atom is 0.191 e. The highest BCUT2D eigenvalue weighted by Crippen LogP contribution is 2.19. The van der Waals surface area contributed by atoms with Crippen molar-refractivity contribution in [2.45, 2.75) is 18.4 Å². The highest BCUT2D eigenvalue weighted by atomic mass is 16.5. The third kappa shape index (κ3) is 1.99. The number of aliphatic hydroxyl groups is 1. The number of hydrogen-bond acceptors (Lipinski definition) is 5. The summed E-state index contributed by atoms with van der Waals surface area (Å²) in [5.74, 6) is 0.820. The molecule has 1 fully saturated rings. The van der Waals surface area contributed by atoms with E-state index < -0.39 is 0 Å². The van der Waals surface area contributed by atoms with Gasteiger partial charge in [-0.15, -0.1) is 0 Å². The molecule has 2 aliphatic heterocycles. The second-order valence-corrected chi connectivity index (χ2v) is 3.83. The fraction of sp³-hybridized carbons (Fsp3) is 0.889. The van der Waals surface area contributed by atoms with Gasteiger partial charge in [0.25, 0.3) is 0 Å². The molecule has 0 saturated carbocycles. The molecule has 0 aromatic carbocycles. The van der Waals surface area contributed by atoms with Crippen LogP contribution in [0, 0.1) is 0 Å². The van der Waals surface area contributed by atoms with Gasteiger partial charge in [0.2, 0.25) is 0 Å². The van der Waals surface area contributed by atoms with Crippen molar-refractivity contribution >= 4 is 5.96 Å².